The van der Waals surface area contributed by atoms with Gasteiger partial charge in [-0.3, -0.25) is 9.36 Å². The molecule has 2 fully saturated rings. The Balaban J connectivity index is 0.000000291. The van der Waals surface area contributed by atoms with E-state index in [4.69, 9.17) is 27.2 Å². The third-order valence-electron chi connectivity index (χ3n) is 7.17. The Hall–Kier alpha value is -3.31. The van der Waals surface area contributed by atoms with Crippen LogP contribution in [0, 0.1) is 0 Å². The summed E-state index contributed by atoms with van der Waals surface area (Å²) in [5.41, 5.74) is 5.32. The molecule has 11 nitrogen and oxygen atoms in total. The Kier molecular flexibility index (Phi) is 10.9. The lowest BCUT2D eigenvalue weighted by Crippen LogP contribution is -2.50. The number of nitrogens with zero attached hydrogens (tertiary/aromatic N) is 3. The van der Waals surface area contributed by atoms with Crippen LogP contribution in [0.25, 0.3) is 5.69 Å². The van der Waals surface area contributed by atoms with Crippen LogP contribution in [0.5, 0.6) is 0 Å². The first-order chi connectivity index (χ1) is 19.5. The lowest BCUT2D eigenvalue weighted by atomic mass is 10.0. The second-order valence-electron chi connectivity index (χ2n) is 13.0. The molecule has 12 heteroatoms. The zero-order chi connectivity index (χ0) is 31.2. The highest BCUT2D eigenvalue weighted by Gasteiger charge is 2.36. The highest BCUT2D eigenvalue weighted by Crippen LogP contribution is 2.28. The molecule has 2 aliphatic rings. The smallest absolute Gasteiger partial charge is 0.407 e. The van der Waals surface area contributed by atoms with Crippen LogP contribution < -0.4 is 21.9 Å². The maximum Gasteiger partial charge on any atom is 0.407 e. The van der Waals surface area contributed by atoms with E-state index in [0.29, 0.717) is 5.69 Å². The first kappa shape index (κ1) is 33.2. The zero-order valence-electron chi connectivity index (χ0n) is 25.4. The summed E-state index contributed by atoms with van der Waals surface area (Å²) in [7, 11) is 0. The first-order valence-corrected chi connectivity index (χ1v) is 14.8. The fourth-order valence-electron chi connectivity index (χ4n) is 5.43. The van der Waals surface area contributed by atoms with Crippen molar-refractivity contribution in [3.05, 3.63) is 52.0 Å². The van der Waals surface area contributed by atoms with Crippen LogP contribution in [0.3, 0.4) is 0 Å². The Bertz CT molecular complexity index is 1270. The highest BCUT2D eigenvalue weighted by atomic mass is 35.5. The molecule has 2 aromatic rings. The second kappa shape index (κ2) is 13.8. The van der Waals surface area contributed by atoms with Crippen molar-refractivity contribution >= 4 is 29.6 Å². The van der Waals surface area contributed by atoms with Gasteiger partial charge in [-0.25, -0.2) is 14.6 Å². The number of amides is 2. The number of hydrogen-bond acceptors (Lipinski definition) is 7. The average molecular weight is 605 g/mol. The van der Waals surface area contributed by atoms with Gasteiger partial charge in [-0.2, -0.15) is 0 Å². The summed E-state index contributed by atoms with van der Waals surface area (Å²) in [5.74, 6) is 0.724. The summed E-state index contributed by atoms with van der Waals surface area (Å²) in [5, 5.41) is 15.6. The number of alkyl carbamates (subject to hydrolysis) is 1. The monoisotopic (exact) mass is 604 g/mol. The largest absolute Gasteiger partial charge is 0.465 e. The molecule has 42 heavy (non-hydrogen) atoms. The number of carboxylic acid groups (broad SMARTS) is 1. The number of rotatable bonds is 5. The number of carbonyl (C=O) groups excluding carboxylic acids is 1. The highest BCUT2D eigenvalue weighted by molar-refractivity contribution is 6.30. The quantitative estimate of drug-likeness (QED) is 0.354. The van der Waals surface area contributed by atoms with Gasteiger partial charge in [0.2, 0.25) is 0 Å². The molecule has 232 valence electrons. The minimum atomic E-state index is -0.836. The van der Waals surface area contributed by atoms with Gasteiger partial charge in [0.25, 0.3) is 5.56 Å². The van der Waals surface area contributed by atoms with Gasteiger partial charge in [0.1, 0.15) is 16.4 Å². The average Bonchev–Trinajstić information content (AvgIpc) is 3.48. The van der Waals surface area contributed by atoms with E-state index in [1.165, 1.54) is 4.57 Å². The molecule has 0 unspecified atom stereocenters. The maximum absolute atomic E-state index is 12.1. The van der Waals surface area contributed by atoms with Gasteiger partial charge < -0.3 is 31.1 Å². The topological polar surface area (TPSA) is 152 Å². The number of halogens is 1. The minimum Gasteiger partial charge on any atom is -0.465 e. The van der Waals surface area contributed by atoms with Gasteiger partial charge in [-0.15, -0.1) is 0 Å². The van der Waals surface area contributed by atoms with Crippen molar-refractivity contribution in [2.75, 3.05) is 5.32 Å². The van der Waals surface area contributed by atoms with Crippen molar-refractivity contribution in [3.8, 4) is 5.69 Å². The molecule has 2 heterocycles. The number of ether oxygens (including phenoxy) is 1. The number of carbonyl (C=O) groups is 2. The molecule has 2 saturated carbocycles. The van der Waals surface area contributed by atoms with Crippen molar-refractivity contribution in [2.24, 2.45) is 5.73 Å². The predicted molar refractivity (Wildman–Crippen MR) is 164 cm³/mol. The number of aromatic nitrogens is 2. The van der Waals surface area contributed by atoms with Crippen LogP contribution in [-0.4, -0.2) is 67.1 Å². The van der Waals surface area contributed by atoms with E-state index in [9.17, 15) is 14.4 Å². The molecule has 4 rings (SSSR count). The van der Waals surface area contributed by atoms with Crippen molar-refractivity contribution in [3.63, 3.8) is 0 Å². The lowest BCUT2D eigenvalue weighted by molar-refractivity contribution is 0.0504. The Labute approximate surface area is 252 Å². The number of anilines is 1. The van der Waals surface area contributed by atoms with Crippen LogP contribution in [0.2, 0.25) is 5.02 Å². The summed E-state index contributed by atoms with van der Waals surface area (Å²) >= 11 is 5.89. The third kappa shape index (κ3) is 9.62. The number of nitrogens with one attached hydrogen (secondary N) is 2. The molecule has 2 amide bonds. The summed E-state index contributed by atoms with van der Waals surface area (Å²) < 4.78 is 6.76. The standard InChI is InChI=1S/C20H25ClN4O3.C10H20N2O2/c1-20(2,3)28-19(27)24-14-7-6-13(11-14)23-17-9-8-15(12-22-17)25-10-4-5-16(21)18(25)26;1-10(2,3)12(9(13)14)8-5-4-7(11)6-8/h4-5,8-10,12-14H,6-7,11H2,1-3H3,(H,22,23)(H,24,27);7-8H,4-6,11H2,1-3H3,(H,13,14)/t13-,14-;7-,8-/m00/s1. The normalized spacial score (nSPS) is 22.1. The van der Waals surface area contributed by atoms with Gasteiger partial charge in [-0.05, 0) is 104 Å². The molecule has 2 aliphatic carbocycles. The van der Waals surface area contributed by atoms with Crippen LogP contribution in [0.4, 0.5) is 15.4 Å². The Morgan fingerprint density at radius 3 is 2.31 bits per heavy atom. The molecule has 0 aromatic carbocycles. The summed E-state index contributed by atoms with van der Waals surface area (Å²) in [6, 6.07) is 7.49. The maximum atomic E-state index is 12.1. The van der Waals surface area contributed by atoms with Crippen LogP contribution in [-0.2, 0) is 4.74 Å². The zero-order valence-corrected chi connectivity index (χ0v) is 26.1. The van der Waals surface area contributed by atoms with Crippen LogP contribution >= 0.6 is 11.6 Å². The minimum absolute atomic E-state index is 0.0802. The van der Waals surface area contributed by atoms with Gasteiger partial charge in [-0.1, -0.05) is 11.6 Å². The Morgan fingerprint density at radius 1 is 1.07 bits per heavy atom. The van der Waals surface area contributed by atoms with E-state index in [0.717, 1.165) is 44.3 Å². The lowest BCUT2D eigenvalue weighted by Gasteiger charge is -2.38. The molecule has 0 radical (unpaired) electrons. The molecule has 0 bridgehead atoms. The third-order valence-corrected chi connectivity index (χ3v) is 7.46. The van der Waals surface area contributed by atoms with Crippen molar-refractivity contribution in [1.82, 2.24) is 19.8 Å². The predicted octanol–water partition coefficient (Wildman–Crippen LogP) is 5.39. The molecule has 5 N–H and O–H groups in total. The molecular weight excluding hydrogens is 560 g/mol. The van der Waals surface area contributed by atoms with E-state index in [1.807, 2.05) is 53.7 Å². The number of nitrogens with two attached hydrogens (primary N) is 1. The van der Waals surface area contributed by atoms with Gasteiger partial charge in [0.15, 0.2) is 0 Å². The van der Waals surface area contributed by atoms with Crippen LogP contribution in [0.15, 0.2) is 41.5 Å². The fraction of sp³-hybridized carbons (Fsp3) is 0.600. The SMILES string of the molecule is CC(C)(C)N(C(=O)O)[C@H]1CC[C@H](N)C1.CC(C)(C)OC(=O)N[C@H]1CC[C@H](Nc2ccc(-n3cccc(Cl)c3=O)cn2)C1. The molecule has 0 aliphatic heterocycles. The fourth-order valence-corrected chi connectivity index (χ4v) is 5.59. The summed E-state index contributed by atoms with van der Waals surface area (Å²) in [4.78, 5) is 41.1. The number of hydrogen-bond donors (Lipinski definition) is 4. The molecule has 0 spiro atoms. The van der Waals surface area contributed by atoms with E-state index >= 15 is 0 Å². The number of pyridine rings is 2. The first-order valence-electron chi connectivity index (χ1n) is 14.4. The van der Waals surface area contributed by atoms with E-state index in [2.05, 4.69) is 15.6 Å². The summed E-state index contributed by atoms with van der Waals surface area (Å²) in [6.07, 6.45) is 7.30. The Morgan fingerprint density at radius 2 is 1.76 bits per heavy atom. The van der Waals surface area contributed by atoms with Crippen LogP contribution in [0.1, 0.15) is 80.1 Å². The van der Waals surface area contributed by atoms with E-state index < -0.39 is 11.7 Å². The second-order valence-corrected chi connectivity index (χ2v) is 13.4. The van der Waals surface area contributed by atoms with E-state index in [-0.39, 0.29) is 46.4 Å². The van der Waals surface area contributed by atoms with Gasteiger partial charge in [0, 0.05) is 35.9 Å². The molecule has 2 aromatic heterocycles. The van der Waals surface area contributed by atoms with E-state index in [1.54, 1.807) is 29.4 Å². The molecular formula is C30H45ClN6O5. The van der Waals surface area contributed by atoms with Crippen molar-refractivity contribution < 1.29 is 19.4 Å². The van der Waals surface area contributed by atoms with Crippen molar-refractivity contribution in [1.29, 1.82) is 0 Å². The molecule has 4 atom stereocenters. The molecule has 0 saturated heterocycles. The van der Waals surface area contributed by atoms with Crippen molar-refractivity contribution in [2.45, 2.75) is 115 Å². The van der Waals surface area contributed by atoms with Gasteiger partial charge in [0.05, 0.1) is 11.9 Å². The van der Waals surface area contributed by atoms with Gasteiger partial charge >= 0.3 is 12.2 Å². The summed E-state index contributed by atoms with van der Waals surface area (Å²) in [6.45, 7) is 11.3.